The van der Waals surface area contributed by atoms with Gasteiger partial charge in [-0.25, -0.2) is 4.98 Å². The van der Waals surface area contributed by atoms with Crippen LogP contribution in [0.2, 0.25) is 0 Å². The quantitative estimate of drug-likeness (QED) is 0.263. The number of nitro groups is 1. The Morgan fingerprint density at radius 2 is 2.00 bits per heavy atom. The van der Waals surface area contributed by atoms with Gasteiger partial charge in [0.25, 0.3) is 5.69 Å². The third kappa shape index (κ3) is 4.66. The highest BCUT2D eigenvalue weighted by molar-refractivity contribution is 7.98. The zero-order valence-corrected chi connectivity index (χ0v) is 16.7. The fraction of sp³-hybridized carbons (Fsp3) is 0.0909. The number of pyridine rings is 1. The summed E-state index contributed by atoms with van der Waals surface area (Å²) >= 11 is 1.63. The lowest BCUT2D eigenvalue weighted by Crippen LogP contribution is -2.18. The van der Waals surface area contributed by atoms with Gasteiger partial charge in [-0.15, -0.1) is 11.8 Å². The van der Waals surface area contributed by atoms with Crippen molar-refractivity contribution < 1.29 is 9.72 Å². The number of carbonyl (C=O) groups is 1. The highest BCUT2D eigenvalue weighted by Gasteiger charge is 2.11. The minimum Gasteiger partial charge on any atom is -0.338 e. The van der Waals surface area contributed by atoms with Gasteiger partial charge >= 0.3 is 0 Å². The standard InChI is InChI=1S/C22H18N4O3S/c27-21(14-25-11-9-17-13-19(26(28)29)7-8-20(17)25)24-18-5-3-4-16(12-18)15-30-22-6-1-2-10-23-22/h1-13H,14-15H2,(H,24,27). The molecule has 0 aliphatic carbocycles. The Morgan fingerprint density at radius 3 is 2.80 bits per heavy atom. The highest BCUT2D eigenvalue weighted by Crippen LogP contribution is 2.23. The maximum Gasteiger partial charge on any atom is 0.270 e. The molecular weight excluding hydrogens is 400 g/mol. The number of carbonyl (C=O) groups excluding carboxylic acids is 1. The number of anilines is 1. The number of benzene rings is 2. The molecule has 0 bridgehead atoms. The summed E-state index contributed by atoms with van der Waals surface area (Å²) in [4.78, 5) is 27.3. The van der Waals surface area contributed by atoms with Gasteiger partial charge in [0.05, 0.1) is 9.95 Å². The molecule has 0 aliphatic rings. The second kappa shape index (κ2) is 8.79. The number of nitrogens with zero attached hydrogens (tertiary/aromatic N) is 3. The summed E-state index contributed by atoms with van der Waals surface area (Å²) in [6.45, 7) is 0.119. The van der Waals surface area contributed by atoms with Crippen LogP contribution in [0.3, 0.4) is 0 Å². The van der Waals surface area contributed by atoms with Crippen molar-refractivity contribution in [2.24, 2.45) is 0 Å². The summed E-state index contributed by atoms with van der Waals surface area (Å²) in [5.41, 5.74) is 2.62. The fourth-order valence-corrected chi connectivity index (χ4v) is 3.93. The first-order valence-electron chi connectivity index (χ1n) is 9.24. The lowest BCUT2D eigenvalue weighted by molar-refractivity contribution is -0.384. The molecule has 2 heterocycles. The molecule has 0 spiro atoms. The van der Waals surface area contributed by atoms with E-state index in [0.29, 0.717) is 0 Å². The van der Waals surface area contributed by atoms with Crippen LogP contribution in [0.5, 0.6) is 0 Å². The molecule has 30 heavy (non-hydrogen) atoms. The Bertz CT molecular complexity index is 1210. The average Bonchev–Trinajstić information content (AvgIpc) is 3.15. The number of fused-ring (bicyclic) bond motifs is 1. The fourth-order valence-electron chi connectivity index (χ4n) is 3.12. The number of nitrogens with one attached hydrogen (secondary N) is 1. The molecule has 2 aromatic heterocycles. The minimum absolute atomic E-state index is 0.0325. The molecule has 0 aliphatic heterocycles. The third-order valence-electron chi connectivity index (χ3n) is 4.51. The van der Waals surface area contributed by atoms with Crippen molar-refractivity contribution in [2.45, 2.75) is 17.3 Å². The van der Waals surface area contributed by atoms with Gasteiger partial charge in [-0.1, -0.05) is 18.2 Å². The van der Waals surface area contributed by atoms with E-state index in [1.54, 1.807) is 40.9 Å². The van der Waals surface area contributed by atoms with Crippen molar-refractivity contribution in [3.63, 3.8) is 0 Å². The van der Waals surface area contributed by atoms with Crippen LogP contribution >= 0.6 is 11.8 Å². The molecule has 0 saturated carbocycles. The average molecular weight is 418 g/mol. The number of hydrogen-bond acceptors (Lipinski definition) is 5. The molecule has 150 valence electrons. The van der Waals surface area contributed by atoms with Crippen molar-refractivity contribution in [1.29, 1.82) is 0 Å². The molecule has 0 radical (unpaired) electrons. The summed E-state index contributed by atoms with van der Waals surface area (Å²) in [6.07, 6.45) is 3.52. The normalized spacial score (nSPS) is 10.8. The van der Waals surface area contributed by atoms with Crippen LogP contribution in [0.25, 0.3) is 10.9 Å². The number of aromatic nitrogens is 2. The number of amides is 1. The van der Waals surface area contributed by atoms with Crippen LogP contribution in [0.1, 0.15) is 5.56 Å². The zero-order valence-electron chi connectivity index (χ0n) is 15.9. The predicted molar refractivity (Wildman–Crippen MR) is 117 cm³/mol. The molecular formula is C22H18N4O3S. The number of nitro benzene ring substituents is 1. The summed E-state index contributed by atoms with van der Waals surface area (Å²) < 4.78 is 1.77. The number of non-ortho nitro benzene ring substituents is 1. The summed E-state index contributed by atoms with van der Waals surface area (Å²) in [5.74, 6) is 0.585. The zero-order chi connectivity index (χ0) is 20.9. The van der Waals surface area contributed by atoms with E-state index in [2.05, 4.69) is 10.3 Å². The van der Waals surface area contributed by atoms with Crippen LogP contribution in [-0.2, 0) is 17.1 Å². The van der Waals surface area contributed by atoms with Gasteiger partial charge in [0, 0.05) is 46.9 Å². The maximum absolute atomic E-state index is 12.5. The van der Waals surface area contributed by atoms with Crippen LogP contribution in [0, 0.1) is 10.1 Å². The topological polar surface area (TPSA) is 90.1 Å². The summed E-state index contributed by atoms with van der Waals surface area (Å²) in [5, 5.41) is 15.5. The molecule has 1 N–H and O–H groups in total. The predicted octanol–water partition coefficient (Wildman–Crippen LogP) is 4.88. The Labute approximate surface area is 176 Å². The number of hydrogen-bond donors (Lipinski definition) is 1. The van der Waals surface area contributed by atoms with E-state index in [1.165, 1.54) is 12.1 Å². The largest absolute Gasteiger partial charge is 0.338 e. The van der Waals surface area contributed by atoms with E-state index in [1.807, 2.05) is 42.5 Å². The maximum atomic E-state index is 12.5. The number of rotatable bonds is 7. The summed E-state index contributed by atoms with van der Waals surface area (Å²) in [6, 6.07) is 19.9. The van der Waals surface area contributed by atoms with Gasteiger partial charge < -0.3 is 9.88 Å². The van der Waals surface area contributed by atoms with Crippen molar-refractivity contribution in [3.8, 4) is 0 Å². The SMILES string of the molecule is O=C(Cn1ccc2cc([N+](=O)[O-])ccc21)Nc1cccc(CSc2ccccn2)c1. The molecule has 0 unspecified atom stereocenters. The van der Waals surface area contributed by atoms with Crippen LogP contribution < -0.4 is 5.32 Å². The first-order valence-corrected chi connectivity index (χ1v) is 10.2. The molecule has 2 aromatic carbocycles. The van der Waals surface area contributed by atoms with E-state index < -0.39 is 4.92 Å². The Hall–Kier alpha value is -3.65. The van der Waals surface area contributed by atoms with Crippen LogP contribution in [-0.4, -0.2) is 20.4 Å². The first-order chi connectivity index (χ1) is 14.6. The van der Waals surface area contributed by atoms with E-state index in [4.69, 9.17) is 0 Å². The van der Waals surface area contributed by atoms with E-state index >= 15 is 0 Å². The third-order valence-corrected chi connectivity index (χ3v) is 5.53. The van der Waals surface area contributed by atoms with Gasteiger partial charge in [-0.3, -0.25) is 14.9 Å². The molecule has 4 aromatic rings. The molecule has 0 atom stereocenters. The van der Waals surface area contributed by atoms with Crippen molar-refractivity contribution in [3.05, 3.63) is 94.8 Å². The monoisotopic (exact) mass is 418 g/mol. The Morgan fingerprint density at radius 1 is 1.10 bits per heavy atom. The number of thioether (sulfide) groups is 1. The van der Waals surface area contributed by atoms with E-state index in [-0.39, 0.29) is 18.1 Å². The second-order valence-electron chi connectivity index (χ2n) is 6.65. The molecule has 1 amide bonds. The molecule has 8 heteroatoms. The van der Waals surface area contributed by atoms with Crippen molar-refractivity contribution >= 4 is 39.9 Å². The van der Waals surface area contributed by atoms with Gasteiger partial charge in [0.1, 0.15) is 6.54 Å². The second-order valence-corrected chi connectivity index (χ2v) is 7.64. The van der Waals surface area contributed by atoms with E-state index in [9.17, 15) is 14.9 Å². The van der Waals surface area contributed by atoms with Crippen LogP contribution in [0.4, 0.5) is 11.4 Å². The van der Waals surface area contributed by atoms with Gasteiger partial charge in [-0.05, 0) is 42.0 Å². The van der Waals surface area contributed by atoms with Crippen molar-refractivity contribution in [2.75, 3.05) is 5.32 Å². The first kappa shape index (κ1) is 19.7. The molecule has 4 rings (SSSR count). The minimum atomic E-state index is -0.428. The van der Waals surface area contributed by atoms with Gasteiger partial charge in [0.2, 0.25) is 5.91 Å². The molecule has 0 fully saturated rings. The molecule has 0 saturated heterocycles. The van der Waals surface area contributed by atoms with Gasteiger partial charge in [-0.2, -0.15) is 0 Å². The lowest BCUT2D eigenvalue weighted by Gasteiger charge is -2.09. The van der Waals surface area contributed by atoms with Gasteiger partial charge in [0.15, 0.2) is 0 Å². The summed E-state index contributed by atoms with van der Waals surface area (Å²) in [7, 11) is 0. The molecule has 7 nitrogen and oxygen atoms in total. The van der Waals surface area contributed by atoms with Crippen LogP contribution in [0.15, 0.2) is 84.1 Å². The Balaban J connectivity index is 1.40. The Kier molecular flexibility index (Phi) is 5.76. The lowest BCUT2D eigenvalue weighted by atomic mass is 10.2. The highest BCUT2D eigenvalue weighted by atomic mass is 32.2. The smallest absolute Gasteiger partial charge is 0.270 e. The van der Waals surface area contributed by atoms with E-state index in [0.717, 1.165) is 32.9 Å². The van der Waals surface area contributed by atoms with Crippen molar-refractivity contribution in [1.82, 2.24) is 9.55 Å².